The molecule has 2 unspecified atom stereocenters. The summed E-state index contributed by atoms with van der Waals surface area (Å²) in [6.45, 7) is 2.89. The van der Waals surface area contributed by atoms with Crippen LogP contribution in [0.5, 0.6) is 5.75 Å². The number of carbonyl (C=O) groups is 4. The summed E-state index contributed by atoms with van der Waals surface area (Å²) in [5.74, 6) is -2.66. The van der Waals surface area contributed by atoms with Gasteiger partial charge in [-0.3, -0.25) is 28.6 Å². The van der Waals surface area contributed by atoms with Crippen LogP contribution in [0.25, 0.3) is 10.9 Å². The van der Waals surface area contributed by atoms with Crippen molar-refractivity contribution in [2.75, 3.05) is 31.4 Å². The van der Waals surface area contributed by atoms with E-state index in [1.165, 1.54) is 54.8 Å². The van der Waals surface area contributed by atoms with Crippen molar-refractivity contribution < 1.29 is 37.1 Å². The van der Waals surface area contributed by atoms with Crippen molar-refractivity contribution in [3.05, 3.63) is 121 Å². The highest BCUT2D eigenvalue weighted by atomic mass is 35.5. The normalized spacial score (nSPS) is 14.5. The van der Waals surface area contributed by atoms with E-state index in [1.807, 2.05) is 0 Å². The van der Waals surface area contributed by atoms with Crippen molar-refractivity contribution >= 4 is 90.9 Å². The van der Waals surface area contributed by atoms with Gasteiger partial charge in [0.2, 0.25) is 22.2 Å². The average molecular weight is 983 g/mol. The van der Waals surface area contributed by atoms with Gasteiger partial charge in [0.15, 0.2) is 6.04 Å². The Hall–Kier alpha value is -5.56. The number of sulfonamides is 1. The number of carbonyl (C=O) groups excluding carboxylic acids is 4. The van der Waals surface area contributed by atoms with Gasteiger partial charge in [0.25, 0.3) is 17.4 Å². The van der Waals surface area contributed by atoms with Crippen LogP contribution in [0.2, 0.25) is 15.1 Å². The molecule has 1 fully saturated rings. The van der Waals surface area contributed by atoms with Gasteiger partial charge in [0.1, 0.15) is 17.1 Å². The fourth-order valence-electron chi connectivity index (χ4n) is 7.76. The van der Waals surface area contributed by atoms with Gasteiger partial charge in [0.05, 0.1) is 35.3 Å². The number of methoxy groups -OCH3 is 1. The second-order valence-electron chi connectivity index (χ2n) is 15.4. The molecule has 2 heterocycles. The lowest BCUT2D eigenvalue weighted by Crippen LogP contribution is -2.45. The van der Waals surface area contributed by atoms with E-state index in [1.54, 1.807) is 55.5 Å². The average Bonchev–Trinajstić information content (AvgIpc) is 3.50. The topological polar surface area (TPSA) is 198 Å². The van der Waals surface area contributed by atoms with Gasteiger partial charge in [-0.1, -0.05) is 96.9 Å². The van der Waals surface area contributed by atoms with Crippen molar-refractivity contribution in [1.29, 1.82) is 0 Å². The first-order chi connectivity index (χ1) is 31.6. The lowest BCUT2D eigenvalue weighted by Gasteiger charge is -2.28. The van der Waals surface area contributed by atoms with Crippen molar-refractivity contribution in [2.24, 2.45) is 0 Å². The van der Waals surface area contributed by atoms with Gasteiger partial charge in [-0.05, 0) is 86.8 Å². The molecule has 6 rings (SSSR count). The van der Waals surface area contributed by atoms with Crippen LogP contribution in [-0.4, -0.2) is 78.5 Å². The van der Waals surface area contributed by atoms with E-state index < -0.39 is 51.6 Å². The quantitative estimate of drug-likeness (QED) is 0.0475. The molecular weight excluding hydrogens is 933 g/mol. The summed E-state index contributed by atoms with van der Waals surface area (Å²) in [7, 11) is -1.49. The first-order valence-corrected chi connectivity index (χ1v) is 23.9. The summed E-state index contributed by atoms with van der Waals surface area (Å²) in [4.78, 5) is 78.3. The SMILES string of the molecule is CCOC1C(=O)N(C(C(=O)Nc2cc(S(=O)(=O)NC)ccc2OC)c2nc3c(NC(C)=O)cccc3c(=O)n2CCCCCCCCc2c(Cl)cc(Cl)cc2Cl)C(=O)N1Cc1ccccc1. The number of ether oxygens (including phenoxy) is 2. The Bertz CT molecular complexity index is 2770. The zero-order chi connectivity index (χ0) is 47.7. The number of hydrogen-bond donors (Lipinski definition) is 3. The van der Waals surface area contributed by atoms with Gasteiger partial charge in [-0.2, -0.15) is 0 Å². The third-order valence-electron chi connectivity index (χ3n) is 11.0. The number of rotatable bonds is 21. The second-order valence-corrected chi connectivity index (χ2v) is 18.5. The molecule has 4 aromatic carbocycles. The highest BCUT2D eigenvalue weighted by molar-refractivity contribution is 7.89. The van der Waals surface area contributed by atoms with Crippen LogP contribution in [0.15, 0.2) is 88.6 Å². The van der Waals surface area contributed by atoms with E-state index >= 15 is 4.79 Å². The van der Waals surface area contributed by atoms with Gasteiger partial charge >= 0.3 is 6.03 Å². The number of fused-ring (bicyclic) bond motifs is 1. The minimum Gasteiger partial charge on any atom is -0.495 e. The number of unbranched alkanes of at least 4 members (excludes halogenated alkanes) is 5. The third kappa shape index (κ3) is 11.3. The first kappa shape index (κ1) is 49.9. The fourth-order valence-corrected chi connectivity index (χ4v) is 9.52. The van der Waals surface area contributed by atoms with Crippen LogP contribution >= 0.6 is 34.8 Å². The van der Waals surface area contributed by atoms with Gasteiger partial charge in [0, 0.05) is 35.1 Å². The largest absolute Gasteiger partial charge is 0.495 e. The molecule has 1 aliphatic rings. The molecule has 0 spiro atoms. The summed E-state index contributed by atoms with van der Waals surface area (Å²) in [6, 6.07) is 17.7. The Morgan fingerprint density at radius 1 is 0.848 bits per heavy atom. The Morgan fingerprint density at radius 3 is 2.18 bits per heavy atom. The summed E-state index contributed by atoms with van der Waals surface area (Å²) in [6.07, 6.45) is 3.59. The smallest absolute Gasteiger partial charge is 0.330 e. The Labute approximate surface area is 397 Å². The fraction of sp³-hybridized carbons (Fsp3) is 0.348. The standard InChI is InChI=1S/C46H50Cl3N7O9S/c1-5-65-45-44(60)56(46(61)55(45)27-29-16-11-10-12-17-29)40(42(58)52-37-26-31(66(62,63)50-3)21-22-38(37)64-4)41-53-39-33(19-15-20-36(39)51-28(2)57)43(59)54(41)23-14-9-7-6-8-13-18-32-34(48)24-30(47)25-35(32)49/h10-12,15-17,19-22,24-26,40,45,50H,5-9,13-14,18,23,27H2,1-4H3,(H,51,57)(H,52,58). The van der Waals surface area contributed by atoms with Crippen LogP contribution in [0.3, 0.4) is 0 Å². The number of urea groups is 1. The number of halogens is 3. The molecule has 16 nitrogen and oxygen atoms in total. The lowest BCUT2D eigenvalue weighted by molar-refractivity contribution is -0.145. The highest BCUT2D eigenvalue weighted by Gasteiger charge is 2.52. The molecule has 1 saturated heterocycles. The predicted molar refractivity (Wildman–Crippen MR) is 253 cm³/mol. The summed E-state index contributed by atoms with van der Waals surface area (Å²) >= 11 is 18.8. The first-order valence-electron chi connectivity index (χ1n) is 21.3. The Morgan fingerprint density at radius 2 is 1.53 bits per heavy atom. The number of aromatic nitrogens is 2. The molecule has 5 amide bonds. The maximum Gasteiger partial charge on any atom is 0.330 e. The van der Waals surface area contributed by atoms with Crippen molar-refractivity contribution in [1.82, 2.24) is 24.1 Å². The number of benzene rings is 4. The lowest BCUT2D eigenvalue weighted by atomic mass is 10.0. The second kappa shape index (κ2) is 22.3. The Balaban J connectivity index is 1.42. The molecule has 0 bridgehead atoms. The maximum atomic E-state index is 15.1. The molecule has 350 valence electrons. The molecule has 0 saturated carbocycles. The minimum absolute atomic E-state index is 0.00364. The van der Waals surface area contributed by atoms with Crippen LogP contribution in [0.1, 0.15) is 75.4 Å². The summed E-state index contributed by atoms with van der Waals surface area (Å²) in [5, 5.41) is 6.95. The number of amides is 5. The Kier molecular flexibility index (Phi) is 16.8. The number of hydrogen-bond acceptors (Lipinski definition) is 10. The molecule has 20 heteroatoms. The van der Waals surface area contributed by atoms with Crippen molar-refractivity contribution in [3.8, 4) is 5.75 Å². The van der Waals surface area contributed by atoms with Gasteiger partial charge in [-0.15, -0.1) is 0 Å². The van der Waals surface area contributed by atoms with Crippen molar-refractivity contribution in [3.63, 3.8) is 0 Å². The van der Waals surface area contributed by atoms with Crippen molar-refractivity contribution in [2.45, 2.75) is 89.0 Å². The van der Waals surface area contributed by atoms with Crippen LogP contribution in [-0.2, 0) is 48.7 Å². The zero-order valence-corrected chi connectivity index (χ0v) is 39.8. The number of nitrogens with zero attached hydrogens (tertiary/aromatic N) is 4. The molecule has 1 aromatic heterocycles. The van der Waals surface area contributed by atoms with Gasteiger partial charge < -0.3 is 20.1 Å². The molecule has 3 N–H and O–H groups in total. The van der Waals surface area contributed by atoms with E-state index in [2.05, 4.69) is 15.4 Å². The van der Waals surface area contributed by atoms with Gasteiger partial charge in [-0.25, -0.2) is 27.8 Å². The summed E-state index contributed by atoms with van der Waals surface area (Å²) < 4.78 is 40.7. The molecule has 2 atom stereocenters. The molecule has 1 aliphatic heterocycles. The number of nitrogens with one attached hydrogen (secondary N) is 3. The number of para-hydroxylation sites is 1. The molecule has 0 radical (unpaired) electrons. The molecule has 5 aromatic rings. The molecule has 0 aliphatic carbocycles. The number of anilines is 2. The van der Waals surface area contributed by atoms with Crippen LogP contribution < -0.4 is 25.7 Å². The third-order valence-corrected chi connectivity index (χ3v) is 13.3. The number of imide groups is 1. The highest BCUT2D eigenvalue weighted by Crippen LogP contribution is 2.35. The van der Waals surface area contributed by atoms with E-state index in [-0.39, 0.29) is 58.4 Å². The van der Waals surface area contributed by atoms with Crippen LogP contribution in [0.4, 0.5) is 16.2 Å². The summed E-state index contributed by atoms with van der Waals surface area (Å²) in [5.41, 5.74) is 0.923. The molecule has 66 heavy (non-hydrogen) atoms. The van der Waals surface area contributed by atoms with E-state index in [4.69, 9.17) is 49.3 Å². The minimum atomic E-state index is -4.03. The maximum absolute atomic E-state index is 15.1. The van der Waals surface area contributed by atoms with E-state index in [0.717, 1.165) is 37.3 Å². The van der Waals surface area contributed by atoms with E-state index in [0.29, 0.717) is 44.8 Å². The zero-order valence-electron chi connectivity index (χ0n) is 36.7. The van der Waals surface area contributed by atoms with E-state index in [9.17, 15) is 27.6 Å². The molecular formula is C46H50Cl3N7O9S. The monoisotopic (exact) mass is 981 g/mol. The predicted octanol–water partition coefficient (Wildman–Crippen LogP) is 8.32. The van der Waals surface area contributed by atoms with Crippen LogP contribution in [0, 0.1) is 0 Å².